The second kappa shape index (κ2) is 12.4. The first kappa shape index (κ1) is 27.4. The molecule has 2 atom stereocenters. The highest BCUT2D eigenvalue weighted by molar-refractivity contribution is 5.85. The lowest BCUT2D eigenvalue weighted by molar-refractivity contribution is -0.127. The molecule has 1 aliphatic rings. The summed E-state index contributed by atoms with van der Waals surface area (Å²) >= 11 is 0. The summed E-state index contributed by atoms with van der Waals surface area (Å²) in [7, 11) is 2.88. The number of halogens is 5. The zero-order valence-corrected chi connectivity index (χ0v) is 19.1. The van der Waals surface area contributed by atoms with Crippen LogP contribution in [0.25, 0.3) is 0 Å². The fourth-order valence-electron chi connectivity index (χ4n) is 3.89. The fourth-order valence-corrected chi connectivity index (χ4v) is 3.89. The highest BCUT2D eigenvalue weighted by atomic mass is 35.5. The molecule has 0 aromatic heterocycles. The zero-order valence-electron chi connectivity index (χ0n) is 17.5. The molecule has 31 heavy (non-hydrogen) atoms. The van der Waals surface area contributed by atoms with Crippen LogP contribution in [0.1, 0.15) is 35.6 Å². The molecule has 2 N–H and O–H groups in total. The van der Waals surface area contributed by atoms with Gasteiger partial charge in [-0.1, -0.05) is 30.3 Å². The van der Waals surface area contributed by atoms with E-state index in [1.54, 1.807) is 0 Å². The third-order valence-electron chi connectivity index (χ3n) is 5.25. The van der Waals surface area contributed by atoms with Crippen LogP contribution in [0, 0.1) is 0 Å². The summed E-state index contributed by atoms with van der Waals surface area (Å²) in [6.07, 6.45) is -3.32. The first-order valence-electron chi connectivity index (χ1n) is 9.73. The van der Waals surface area contributed by atoms with Crippen molar-refractivity contribution in [2.45, 2.75) is 44.1 Å². The van der Waals surface area contributed by atoms with Gasteiger partial charge in [0, 0.05) is 35.8 Å². The van der Waals surface area contributed by atoms with Gasteiger partial charge in [-0.15, -0.1) is 24.8 Å². The van der Waals surface area contributed by atoms with Gasteiger partial charge in [-0.05, 0) is 31.0 Å². The largest absolute Gasteiger partial charge is 0.496 e. The summed E-state index contributed by atoms with van der Waals surface area (Å²) in [4.78, 5) is 0. The SMILES string of the molecule is COc1cc(OC)c(CC(F)(F)F)cc1CNC1CCCNC1c1ccccc1.Cl.Cl. The van der Waals surface area contributed by atoms with E-state index in [0.29, 0.717) is 17.9 Å². The molecule has 1 aliphatic heterocycles. The number of hydrogen-bond acceptors (Lipinski definition) is 4. The summed E-state index contributed by atoms with van der Waals surface area (Å²) in [6.45, 7) is 1.35. The zero-order chi connectivity index (χ0) is 20.9. The predicted molar refractivity (Wildman–Crippen MR) is 121 cm³/mol. The monoisotopic (exact) mass is 480 g/mol. The maximum atomic E-state index is 13.0. The van der Waals surface area contributed by atoms with Gasteiger partial charge in [0.1, 0.15) is 11.5 Å². The Morgan fingerprint density at radius 3 is 2.26 bits per heavy atom. The molecular formula is C22H29Cl2F3N2O2. The van der Waals surface area contributed by atoms with Crippen molar-refractivity contribution in [3.63, 3.8) is 0 Å². The van der Waals surface area contributed by atoms with Gasteiger partial charge in [-0.2, -0.15) is 13.2 Å². The standard InChI is InChI=1S/C22H27F3N2O2.2ClH/c1-28-19-12-20(29-2)17(11-16(19)13-22(23,24)25)14-27-18-9-6-10-26-21(18)15-7-4-3-5-8-15;;/h3-5,7-8,11-12,18,21,26-27H,6,9-10,13-14H2,1-2H3;2*1H. The van der Waals surface area contributed by atoms with Crippen molar-refractivity contribution in [3.05, 3.63) is 59.2 Å². The molecule has 1 heterocycles. The van der Waals surface area contributed by atoms with Crippen molar-refractivity contribution in [1.29, 1.82) is 0 Å². The van der Waals surface area contributed by atoms with Crippen molar-refractivity contribution in [2.24, 2.45) is 0 Å². The Morgan fingerprint density at radius 2 is 1.65 bits per heavy atom. The van der Waals surface area contributed by atoms with Crippen LogP contribution in [0.2, 0.25) is 0 Å². The molecule has 2 unspecified atom stereocenters. The third-order valence-corrected chi connectivity index (χ3v) is 5.25. The minimum atomic E-state index is -4.31. The molecule has 0 amide bonds. The molecule has 3 rings (SSSR count). The van der Waals surface area contributed by atoms with Crippen LogP contribution in [0.3, 0.4) is 0 Å². The molecule has 174 valence electrons. The lowest BCUT2D eigenvalue weighted by atomic mass is 9.92. The van der Waals surface area contributed by atoms with Gasteiger partial charge in [0.05, 0.1) is 20.6 Å². The molecule has 0 radical (unpaired) electrons. The van der Waals surface area contributed by atoms with E-state index in [0.717, 1.165) is 19.4 Å². The summed E-state index contributed by atoms with van der Waals surface area (Å²) < 4.78 is 49.5. The van der Waals surface area contributed by atoms with E-state index in [1.807, 2.05) is 18.2 Å². The van der Waals surface area contributed by atoms with E-state index in [1.165, 1.54) is 31.9 Å². The number of ether oxygens (including phenoxy) is 2. The second-order valence-electron chi connectivity index (χ2n) is 7.24. The van der Waals surface area contributed by atoms with Gasteiger partial charge in [-0.25, -0.2) is 0 Å². The first-order chi connectivity index (χ1) is 13.9. The van der Waals surface area contributed by atoms with Crippen molar-refractivity contribution >= 4 is 24.8 Å². The van der Waals surface area contributed by atoms with Crippen molar-refractivity contribution in [2.75, 3.05) is 20.8 Å². The Bertz CT molecular complexity index is 807. The molecule has 0 saturated carbocycles. The van der Waals surface area contributed by atoms with Crippen LogP contribution in [0.4, 0.5) is 13.2 Å². The van der Waals surface area contributed by atoms with Crippen molar-refractivity contribution in [1.82, 2.24) is 10.6 Å². The van der Waals surface area contributed by atoms with E-state index in [4.69, 9.17) is 9.47 Å². The van der Waals surface area contributed by atoms with Gasteiger partial charge in [0.2, 0.25) is 0 Å². The summed E-state index contributed by atoms with van der Waals surface area (Å²) in [5.74, 6) is 0.699. The number of nitrogens with one attached hydrogen (secondary N) is 2. The summed E-state index contributed by atoms with van der Waals surface area (Å²) in [6, 6.07) is 13.6. The van der Waals surface area contributed by atoms with E-state index < -0.39 is 12.6 Å². The summed E-state index contributed by atoms with van der Waals surface area (Å²) in [5, 5.41) is 7.07. The van der Waals surface area contributed by atoms with Crippen molar-refractivity contribution < 1.29 is 22.6 Å². The van der Waals surface area contributed by atoms with Crippen LogP contribution in [0.5, 0.6) is 11.5 Å². The normalized spacial score (nSPS) is 18.5. The Kier molecular flexibility index (Phi) is 10.9. The number of rotatable bonds is 7. The molecule has 4 nitrogen and oxygen atoms in total. The quantitative estimate of drug-likeness (QED) is 0.568. The summed E-state index contributed by atoms with van der Waals surface area (Å²) in [5.41, 5.74) is 1.99. The van der Waals surface area contributed by atoms with Crippen LogP contribution in [-0.4, -0.2) is 33.0 Å². The molecule has 1 fully saturated rings. The van der Waals surface area contributed by atoms with E-state index >= 15 is 0 Å². The van der Waals surface area contributed by atoms with E-state index in [-0.39, 0.29) is 48.2 Å². The van der Waals surface area contributed by atoms with Gasteiger partial charge in [0.15, 0.2) is 0 Å². The van der Waals surface area contributed by atoms with Gasteiger partial charge in [-0.3, -0.25) is 0 Å². The van der Waals surface area contributed by atoms with Crippen LogP contribution < -0.4 is 20.1 Å². The Balaban J connectivity index is 0.00000240. The molecular weight excluding hydrogens is 452 g/mol. The fraction of sp³-hybridized carbons (Fsp3) is 0.455. The Hall–Kier alpha value is -1.67. The lowest BCUT2D eigenvalue weighted by Crippen LogP contribution is -2.45. The molecule has 0 aliphatic carbocycles. The average molecular weight is 481 g/mol. The Labute approximate surface area is 193 Å². The van der Waals surface area contributed by atoms with Gasteiger partial charge in [0.25, 0.3) is 0 Å². The predicted octanol–water partition coefficient (Wildman–Crippen LogP) is 5.24. The van der Waals surface area contributed by atoms with Gasteiger partial charge < -0.3 is 20.1 Å². The number of piperidine rings is 1. The van der Waals surface area contributed by atoms with Gasteiger partial charge >= 0.3 is 6.18 Å². The average Bonchev–Trinajstić information content (AvgIpc) is 2.72. The molecule has 2 aromatic carbocycles. The number of hydrogen-bond donors (Lipinski definition) is 2. The minimum Gasteiger partial charge on any atom is -0.496 e. The molecule has 2 aromatic rings. The maximum absolute atomic E-state index is 13.0. The first-order valence-corrected chi connectivity index (χ1v) is 9.73. The second-order valence-corrected chi connectivity index (χ2v) is 7.24. The number of methoxy groups -OCH3 is 2. The molecule has 0 bridgehead atoms. The number of alkyl halides is 3. The molecule has 1 saturated heterocycles. The number of benzene rings is 2. The van der Waals surface area contributed by atoms with Crippen molar-refractivity contribution in [3.8, 4) is 11.5 Å². The smallest absolute Gasteiger partial charge is 0.393 e. The minimum absolute atomic E-state index is 0. The van der Waals surface area contributed by atoms with Crippen LogP contribution >= 0.6 is 24.8 Å². The molecule has 9 heteroatoms. The van der Waals surface area contributed by atoms with E-state index in [2.05, 4.69) is 22.8 Å². The highest BCUT2D eigenvalue weighted by Gasteiger charge is 2.30. The highest BCUT2D eigenvalue weighted by Crippen LogP contribution is 2.34. The molecule has 0 spiro atoms. The topological polar surface area (TPSA) is 42.5 Å². The van der Waals surface area contributed by atoms with Crippen LogP contribution in [-0.2, 0) is 13.0 Å². The third kappa shape index (κ3) is 7.45. The van der Waals surface area contributed by atoms with E-state index in [9.17, 15) is 13.2 Å². The lowest BCUT2D eigenvalue weighted by Gasteiger charge is -2.34. The Morgan fingerprint density at radius 1 is 1.00 bits per heavy atom. The maximum Gasteiger partial charge on any atom is 0.393 e. The van der Waals surface area contributed by atoms with Crippen LogP contribution in [0.15, 0.2) is 42.5 Å².